The number of carbonyl (C=O) groups is 1. The monoisotopic (exact) mass is 342 g/mol. The molecule has 0 aromatic heterocycles. The molecule has 1 aromatic rings. The van der Waals surface area contributed by atoms with Crippen LogP contribution in [0.5, 0.6) is 0 Å². The Hall–Kier alpha value is -2.10. The maximum absolute atomic E-state index is 11.7. The van der Waals surface area contributed by atoms with Crippen LogP contribution in [-0.4, -0.2) is 62.3 Å². The van der Waals surface area contributed by atoms with Crippen molar-refractivity contribution < 1.29 is 9.53 Å². The minimum absolute atomic E-state index is 0.0759. The summed E-state index contributed by atoms with van der Waals surface area (Å²) in [7, 11) is 3.48. The molecule has 2 aliphatic heterocycles. The summed E-state index contributed by atoms with van der Waals surface area (Å²) < 4.78 is 5.96. The second-order valence-electron chi connectivity index (χ2n) is 7.21. The zero-order valence-electron chi connectivity index (χ0n) is 14.9. The van der Waals surface area contributed by atoms with Crippen molar-refractivity contribution in [3.8, 4) is 6.07 Å². The lowest BCUT2D eigenvalue weighted by Gasteiger charge is -2.36. The van der Waals surface area contributed by atoms with Gasteiger partial charge in [0, 0.05) is 39.6 Å². The lowest BCUT2D eigenvalue weighted by atomic mass is 9.84. The summed E-state index contributed by atoms with van der Waals surface area (Å²) in [4.78, 5) is 15.7. The number of fused-ring (bicyclic) bond motifs is 1. The van der Waals surface area contributed by atoms with E-state index in [2.05, 4.69) is 22.4 Å². The van der Waals surface area contributed by atoms with Gasteiger partial charge in [-0.1, -0.05) is 12.1 Å². The van der Waals surface area contributed by atoms with E-state index in [1.165, 1.54) is 5.56 Å². The number of hydrogen-bond acceptors (Lipinski definition) is 4. The van der Waals surface area contributed by atoms with Gasteiger partial charge in [-0.25, -0.2) is 4.79 Å². The highest BCUT2D eigenvalue weighted by Crippen LogP contribution is 2.34. The van der Waals surface area contributed by atoms with E-state index in [-0.39, 0.29) is 12.1 Å². The Kier molecular flexibility index (Phi) is 5.57. The number of nitrogens with zero attached hydrogens (tertiary/aromatic N) is 3. The molecule has 6 nitrogen and oxygen atoms in total. The van der Waals surface area contributed by atoms with Gasteiger partial charge in [-0.3, -0.25) is 4.90 Å². The summed E-state index contributed by atoms with van der Waals surface area (Å²) in [6, 6.07) is 9.95. The SMILES string of the molecule is CN(C)C(=O)NC[C@@H]1OC[C@H]2CCN(Cc3cccc(C#N)c3)C[C@H]21. The van der Waals surface area contributed by atoms with Gasteiger partial charge in [0.25, 0.3) is 0 Å². The van der Waals surface area contributed by atoms with Crippen molar-refractivity contribution in [2.75, 3.05) is 40.3 Å². The molecule has 2 amide bonds. The largest absolute Gasteiger partial charge is 0.376 e. The highest BCUT2D eigenvalue weighted by atomic mass is 16.5. The number of urea groups is 1. The predicted octanol–water partition coefficient (Wildman–Crippen LogP) is 1.67. The zero-order chi connectivity index (χ0) is 17.8. The van der Waals surface area contributed by atoms with Gasteiger partial charge >= 0.3 is 6.03 Å². The molecule has 1 aromatic carbocycles. The summed E-state index contributed by atoms with van der Waals surface area (Å²) in [5.74, 6) is 1.04. The topological polar surface area (TPSA) is 68.6 Å². The van der Waals surface area contributed by atoms with E-state index in [4.69, 9.17) is 10.00 Å². The number of nitrogens with one attached hydrogen (secondary N) is 1. The molecule has 0 radical (unpaired) electrons. The van der Waals surface area contributed by atoms with Crippen molar-refractivity contribution in [1.29, 1.82) is 5.26 Å². The molecular weight excluding hydrogens is 316 g/mol. The first kappa shape index (κ1) is 17.7. The van der Waals surface area contributed by atoms with Gasteiger partial charge in [-0.05, 0) is 36.6 Å². The number of hydrogen-bond donors (Lipinski definition) is 1. The standard InChI is InChI=1S/C19H26N4O2/c1-22(2)19(24)21-10-18-17-12-23(7-6-16(17)13-25-18)11-15-5-3-4-14(8-15)9-20/h3-5,8,16-18H,6-7,10-13H2,1-2H3,(H,21,24)/t16-,17-,18+/m1/s1. The van der Waals surface area contributed by atoms with Crippen molar-refractivity contribution in [2.24, 2.45) is 11.8 Å². The van der Waals surface area contributed by atoms with Crippen LogP contribution >= 0.6 is 0 Å². The number of ether oxygens (including phenoxy) is 1. The molecule has 0 spiro atoms. The highest BCUT2D eigenvalue weighted by molar-refractivity contribution is 5.73. The van der Waals surface area contributed by atoms with E-state index in [1.54, 1.807) is 19.0 Å². The molecule has 3 atom stereocenters. The second-order valence-corrected chi connectivity index (χ2v) is 7.21. The van der Waals surface area contributed by atoms with Gasteiger partial charge in [0.1, 0.15) is 0 Å². The molecule has 25 heavy (non-hydrogen) atoms. The quantitative estimate of drug-likeness (QED) is 0.904. The Labute approximate surface area is 149 Å². The molecule has 2 fully saturated rings. The Morgan fingerprint density at radius 1 is 1.48 bits per heavy atom. The van der Waals surface area contributed by atoms with Gasteiger partial charge < -0.3 is 15.0 Å². The van der Waals surface area contributed by atoms with Crippen molar-refractivity contribution in [3.63, 3.8) is 0 Å². The van der Waals surface area contributed by atoms with Crippen molar-refractivity contribution in [3.05, 3.63) is 35.4 Å². The average molecular weight is 342 g/mol. The maximum atomic E-state index is 11.7. The Balaban J connectivity index is 1.57. The Morgan fingerprint density at radius 2 is 2.32 bits per heavy atom. The van der Waals surface area contributed by atoms with Crippen LogP contribution in [0.4, 0.5) is 4.79 Å². The summed E-state index contributed by atoms with van der Waals surface area (Å²) in [5, 5.41) is 12.0. The maximum Gasteiger partial charge on any atom is 0.316 e. The molecule has 6 heteroatoms. The Morgan fingerprint density at radius 3 is 3.08 bits per heavy atom. The van der Waals surface area contributed by atoms with E-state index in [1.807, 2.05) is 18.2 Å². The molecule has 0 unspecified atom stereocenters. The number of likely N-dealkylation sites (tertiary alicyclic amines) is 1. The van der Waals surface area contributed by atoms with Crippen LogP contribution < -0.4 is 5.32 Å². The van der Waals surface area contributed by atoms with Gasteiger partial charge in [-0.2, -0.15) is 5.26 Å². The molecule has 2 aliphatic rings. The number of benzene rings is 1. The summed E-state index contributed by atoms with van der Waals surface area (Å²) in [6.45, 7) is 4.25. The van der Waals surface area contributed by atoms with Crippen LogP contribution in [0.15, 0.2) is 24.3 Å². The number of carbonyl (C=O) groups excluding carboxylic acids is 1. The molecule has 1 N–H and O–H groups in total. The zero-order valence-corrected chi connectivity index (χ0v) is 14.9. The molecule has 0 aliphatic carbocycles. The third-order valence-corrected chi connectivity index (χ3v) is 5.22. The molecule has 134 valence electrons. The first-order chi connectivity index (χ1) is 12.1. The van der Waals surface area contributed by atoms with Crippen LogP contribution in [0.3, 0.4) is 0 Å². The number of amides is 2. The average Bonchev–Trinajstić information content (AvgIpc) is 3.02. The first-order valence-corrected chi connectivity index (χ1v) is 8.85. The van der Waals surface area contributed by atoms with Gasteiger partial charge in [0.05, 0.1) is 24.3 Å². The fraction of sp³-hybridized carbons (Fsp3) is 0.579. The van der Waals surface area contributed by atoms with Crippen LogP contribution in [0.1, 0.15) is 17.5 Å². The fourth-order valence-corrected chi connectivity index (χ4v) is 3.80. The lowest BCUT2D eigenvalue weighted by molar-refractivity contribution is 0.0744. The van der Waals surface area contributed by atoms with Crippen LogP contribution in [-0.2, 0) is 11.3 Å². The number of nitriles is 1. The minimum atomic E-state index is -0.0759. The van der Waals surface area contributed by atoms with Crippen molar-refractivity contribution in [1.82, 2.24) is 15.1 Å². The normalized spacial score (nSPS) is 25.9. The molecular formula is C19H26N4O2. The molecule has 0 saturated carbocycles. The Bertz CT molecular complexity index is 655. The predicted molar refractivity (Wildman–Crippen MR) is 94.9 cm³/mol. The van der Waals surface area contributed by atoms with Crippen molar-refractivity contribution >= 4 is 6.03 Å². The summed E-state index contributed by atoms with van der Waals surface area (Å²) in [5.41, 5.74) is 1.88. The lowest BCUT2D eigenvalue weighted by Crippen LogP contribution is -2.46. The van der Waals surface area contributed by atoms with E-state index in [9.17, 15) is 4.79 Å². The molecule has 2 heterocycles. The molecule has 2 saturated heterocycles. The van der Waals surface area contributed by atoms with Gasteiger partial charge in [0.2, 0.25) is 0 Å². The fourth-order valence-electron chi connectivity index (χ4n) is 3.80. The second kappa shape index (κ2) is 7.85. The third kappa shape index (κ3) is 4.30. The number of rotatable bonds is 4. The van der Waals surface area contributed by atoms with E-state index in [0.717, 1.165) is 32.7 Å². The van der Waals surface area contributed by atoms with Crippen LogP contribution in [0.2, 0.25) is 0 Å². The van der Waals surface area contributed by atoms with E-state index < -0.39 is 0 Å². The van der Waals surface area contributed by atoms with E-state index in [0.29, 0.717) is 23.9 Å². The smallest absolute Gasteiger partial charge is 0.316 e. The molecule has 3 rings (SSSR count). The summed E-state index contributed by atoms with van der Waals surface area (Å²) >= 11 is 0. The van der Waals surface area contributed by atoms with E-state index >= 15 is 0 Å². The minimum Gasteiger partial charge on any atom is -0.376 e. The highest BCUT2D eigenvalue weighted by Gasteiger charge is 2.40. The molecule has 0 bridgehead atoms. The number of piperidine rings is 1. The summed E-state index contributed by atoms with van der Waals surface area (Å²) in [6.07, 6.45) is 1.21. The van der Waals surface area contributed by atoms with Crippen LogP contribution in [0.25, 0.3) is 0 Å². The van der Waals surface area contributed by atoms with Crippen LogP contribution in [0, 0.1) is 23.2 Å². The third-order valence-electron chi connectivity index (χ3n) is 5.22. The van der Waals surface area contributed by atoms with Crippen molar-refractivity contribution in [2.45, 2.75) is 19.1 Å². The first-order valence-electron chi connectivity index (χ1n) is 8.85. The van der Waals surface area contributed by atoms with Gasteiger partial charge in [0.15, 0.2) is 0 Å². The van der Waals surface area contributed by atoms with Gasteiger partial charge in [-0.15, -0.1) is 0 Å².